The average Bonchev–Trinajstić information content (AvgIpc) is 3.13. The van der Waals surface area contributed by atoms with Crippen molar-refractivity contribution in [3.05, 3.63) is 51.7 Å². The molecule has 1 aromatic carbocycles. The van der Waals surface area contributed by atoms with Gasteiger partial charge in [0.25, 0.3) is 5.91 Å². The van der Waals surface area contributed by atoms with Gasteiger partial charge in [0, 0.05) is 26.2 Å². The molecule has 0 bridgehead atoms. The normalized spacial score (nSPS) is 15.4. The molecule has 0 atom stereocenters. The number of aryl methyl sites for hydroxylation is 1. The Bertz CT molecular complexity index is 958. The Morgan fingerprint density at radius 3 is 2.25 bits per heavy atom. The van der Waals surface area contributed by atoms with Crippen LogP contribution in [0.15, 0.2) is 40.6 Å². The fraction of sp³-hybridized carbons (Fsp3) is 0.368. The molecule has 0 saturated carbocycles. The minimum Gasteiger partial charge on any atom is -0.462 e. The first-order chi connectivity index (χ1) is 13.3. The van der Waals surface area contributed by atoms with Gasteiger partial charge in [0.2, 0.25) is 10.0 Å². The summed E-state index contributed by atoms with van der Waals surface area (Å²) in [6.45, 7) is 5.01. The number of ether oxygens (including phenoxy) is 1. The average molecular weight is 423 g/mol. The standard InChI is InChI=1S/C19H22N2O5S2/c1-3-26-19(23)15-4-6-16(7-5-15)28(24,25)21-11-9-20(10-12-21)18(22)17-14(2)8-13-27-17/h4-8,13H,3,9-12H2,1-2H3. The topological polar surface area (TPSA) is 84.0 Å². The Morgan fingerprint density at radius 1 is 1.07 bits per heavy atom. The number of amides is 1. The summed E-state index contributed by atoms with van der Waals surface area (Å²) in [4.78, 5) is 26.8. The van der Waals surface area contributed by atoms with Crippen molar-refractivity contribution in [3.63, 3.8) is 0 Å². The molecule has 2 heterocycles. The highest BCUT2D eigenvalue weighted by molar-refractivity contribution is 7.89. The Kier molecular flexibility index (Phi) is 6.17. The number of sulfonamides is 1. The third-order valence-corrected chi connectivity index (χ3v) is 7.50. The largest absolute Gasteiger partial charge is 0.462 e. The van der Waals surface area contributed by atoms with E-state index in [2.05, 4.69) is 0 Å². The van der Waals surface area contributed by atoms with Gasteiger partial charge < -0.3 is 9.64 Å². The smallest absolute Gasteiger partial charge is 0.338 e. The summed E-state index contributed by atoms with van der Waals surface area (Å²) in [7, 11) is -3.68. The summed E-state index contributed by atoms with van der Waals surface area (Å²) in [5, 5.41) is 1.88. The zero-order valence-electron chi connectivity index (χ0n) is 15.8. The van der Waals surface area contributed by atoms with Gasteiger partial charge in [-0.2, -0.15) is 4.31 Å². The molecule has 1 saturated heterocycles. The lowest BCUT2D eigenvalue weighted by atomic mass is 10.2. The summed E-state index contributed by atoms with van der Waals surface area (Å²) in [5.74, 6) is -0.536. The zero-order chi connectivity index (χ0) is 20.3. The van der Waals surface area contributed by atoms with Gasteiger partial charge in [0.05, 0.1) is 21.9 Å². The number of esters is 1. The molecule has 0 spiro atoms. The molecule has 0 radical (unpaired) electrons. The number of piperazine rings is 1. The number of nitrogens with zero attached hydrogens (tertiary/aromatic N) is 2. The maximum atomic E-state index is 12.9. The fourth-order valence-corrected chi connectivity index (χ4v) is 5.31. The van der Waals surface area contributed by atoms with E-state index in [-0.39, 0.29) is 30.5 Å². The van der Waals surface area contributed by atoms with E-state index in [0.717, 1.165) is 5.56 Å². The van der Waals surface area contributed by atoms with Crippen LogP contribution in [0.1, 0.15) is 32.5 Å². The molecule has 7 nitrogen and oxygen atoms in total. The van der Waals surface area contributed by atoms with Gasteiger partial charge >= 0.3 is 5.97 Å². The van der Waals surface area contributed by atoms with Gasteiger partial charge in [-0.05, 0) is 55.1 Å². The molecule has 1 amide bonds. The van der Waals surface area contributed by atoms with Crippen molar-refractivity contribution in [2.75, 3.05) is 32.8 Å². The molecule has 1 aliphatic heterocycles. The predicted octanol–water partition coefficient (Wildman–Crippen LogP) is 2.38. The van der Waals surface area contributed by atoms with Crippen molar-refractivity contribution in [2.24, 2.45) is 0 Å². The molecular formula is C19H22N2O5S2. The number of rotatable bonds is 5. The van der Waals surface area contributed by atoms with Crippen LogP contribution in [0.3, 0.4) is 0 Å². The third kappa shape index (κ3) is 4.11. The van der Waals surface area contributed by atoms with E-state index < -0.39 is 16.0 Å². The number of carbonyl (C=O) groups is 2. The minimum absolute atomic E-state index is 0.0525. The van der Waals surface area contributed by atoms with Gasteiger partial charge in [-0.3, -0.25) is 4.79 Å². The predicted molar refractivity (Wildman–Crippen MR) is 106 cm³/mol. The summed E-state index contributed by atoms with van der Waals surface area (Å²) >= 11 is 1.40. The molecule has 28 heavy (non-hydrogen) atoms. The van der Waals surface area contributed by atoms with Crippen LogP contribution in [-0.2, 0) is 14.8 Å². The van der Waals surface area contributed by atoms with Gasteiger partial charge in [0.1, 0.15) is 0 Å². The fourth-order valence-electron chi connectivity index (χ4n) is 2.99. The first kappa shape index (κ1) is 20.5. The number of hydrogen-bond donors (Lipinski definition) is 0. The van der Waals surface area contributed by atoms with Crippen LogP contribution in [0.4, 0.5) is 0 Å². The maximum absolute atomic E-state index is 12.9. The van der Waals surface area contributed by atoms with E-state index in [1.165, 1.54) is 39.9 Å². The van der Waals surface area contributed by atoms with E-state index in [0.29, 0.717) is 23.5 Å². The van der Waals surface area contributed by atoms with E-state index in [9.17, 15) is 18.0 Å². The molecule has 150 valence electrons. The van der Waals surface area contributed by atoms with Crippen LogP contribution >= 0.6 is 11.3 Å². The lowest BCUT2D eigenvalue weighted by Crippen LogP contribution is -2.50. The lowest BCUT2D eigenvalue weighted by molar-refractivity contribution is 0.0526. The number of hydrogen-bond acceptors (Lipinski definition) is 6. The van der Waals surface area contributed by atoms with Crippen LogP contribution < -0.4 is 0 Å². The number of thiophene rings is 1. The van der Waals surface area contributed by atoms with E-state index in [4.69, 9.17) is 4.74 Å². The monoisotopic (exact) mass is 422 g/mol. The highest BCUT2D eigenvalue weighted by Crippen LogP contribution is 2.22. The molecule has 1 fully saturated rings. The summed E-state index contributed by atoms with van der Waals surface area (Å²) in [6, 6.07) is 7.62. The Balaban J connectivity index is 1.67. The van der Waals surface area contributed by atoms with Crippen LogP contribution in [0.25, 0.3) is 0 Å². The van der Waals surface area contributed by atoms with Crippen molar-refractivity contribution in [2.45, 2.75) is 18.7 Å². The summed E-state index contributed by atoms with van der Waals surface area (Å²) in [6.07, 6.45) is 0. The molecule has 9 heteroatoms. The van der Waals surface area contributed by atoms with Crippen LogP contribution in [0.2, 0.25) is 0 Å². The highest BCUT2D eigenvalue weighted by Gasteiger charge is 2.31. The Morgan fingerprint density at radius 2 is 1.71 bits per heavy atom. The van der Waals surface area contributed by atoms with Crippen LogP contribution in [0, 0.1) is 6.92 Å². The third-order valence-electron chi connectivity index (χ3n) is 4.59. The van der Waals surface area contributed by atoms with Crippen LogP contribution in [-0.4, -0.2) is 62.3 Å². The van der Waals surface area contributed by atoms with Gasteiger partial charge in [0.15, 0.2) is 0 Å². The van der Waals surface area contributed by atoms with Gasteiger partial charge in [-0.1, -0.05) is 0 Å². The summed E-state index contributed by atoms with van der Waals surface area (Å²) in [5.41, 5.74) is 1.24. The lowest BCUT2D eigenvalue weighted by Gasteiger charge is -2.34. The highest BCUT2D eigenvalue weighted by atomic mass is 32.2. The van der Waals surface area contributed by atoms with E-state index in [1.807, 2.05) is 18.4 Å². The summed E-state index contributed by atoms with van der Waals surface area (Å²) < 4.78 is 32.0. The molecule has 0 N–H and O–H groups in total. The zero-order valence-corrected chi connectivity index (χ0v) is 17.4. The van der Waals surface area contributed by atoms with Gasteiger partial charge in [-0.15, -0.1) is 11.3 Å². The second kappa shape index (κ2) is 8.42. The van der Waals surface area contributed by atoms with Crippen molar-refractivity contribution >= 4 is 33.2 Å². The number of benzene rings is 1. The molecule has 2 aromatic rings. The first-order valence-electron chi connectivity index (χ1n) is 8.95. The van der Waals surface area contributed by atoms with Crippen molar-refractivity contribution in [1.29, 1.82) is 0 Å². The minimum atomic E-state index is -3.68. The van der Waals surface area contributed by atoms with Crippen molar-refractivity contribution < 1.29 is 22.7 Å². The molecule has 1 aliphatic rings. The van der Waals surface area contributed by atoms with Crippen LogP contribution in [0.5, 0.6) is 0 Å². The molecule has 0 aliphatic carbocycles. The number of carbonyl (C=O) groups excluding carboxylic acids is 2. The second-order valence-corrected chi connectivity index (χ2v) is 9.23. The maximum Gasteiger partial charge on any atom is 0.338 e. The van der Waals surface area contributed by atoms with E-state index >= 15 is 0 Å². The molecule has 0 unspecified atom stereocenters. The molecule has 3 rings (SSSR count). The SMILES string of the molecule is CCOC(=O)c1ccc(S(=O)(=O)N2CCN(C(=O)c3sccc3C)CC2)cc1. The quantitative estimate of drug-likeness (QED) is 0.691. The first-order valence-corrected chi connectivity index (χ1v) is 11.3. The van der Waals surface area contributed by atoms with Gasteiger partial charge in [-0.25, -0.2) is 13.2 Å². The second-order valence-electron chi connectivity index (χ2n) is 6.37. The molecular weight excluding hydrogens is 400 g/mol. The Labute approximate surface area is 168 Å². The van der Waals surface area contributed by atoms with Crippen molar-refractivity contribution in [1.82, 2.24) is 9.21 Å². The van der Waals surface area contributed by atoms with Crippen molar-refractivity contribution in [3.8, 4) is 0 Å². The van der Waals surface area contributed by atoms with E-state index in [1.54, 1.807) is 11.8 Å². The molecule has 1 aromatic heterocycles. The Hall–Kier alpha value is -2.23.